The van der Waals surface area contributed by atoms with Crippen LogP contribution >= 0.6 is 0 Å². The summed E-state index contributed by atoms with van der Waals surface area (Å²) in [5.41, 5.74) is 1.92. The summed E-state index contributed by atoms with van der Waals surface area (Å²) in [6.07, 6.45) is 3.86. The Morgan fingerprint density at radius 3 is 2.96 bits per heavy atom. The van der Waals surface area contributed by atoms with Crippen molar-refractivity contribution in [2.75, 3.05) is 6.54 Å². The van der Waals surface area contributed by atoms with Gasteiger partial charge in [0.15, 0.2) is 0 Å². The lowest BCUT2D eigenvalue weighted by Gasteiger charge is -2.19. The van der Waals surface area contributed by atoms with Crippen LogP contribution in [0.5, 0.6) is 0 Å². The molecule has 1 aliphatic rings. The third-order valence-electron chi connectivity index (χ3n) is 4.56. The second kappa shape index (κ2) is 6.20. The van der Waals surface area contributed by atoms with Gasteiger partial charge < -0.3 is 8.94 Å². The lowest BCUT2D eigenvalue weighted by Crippen LogP contribution is -2.22. The van der Waals surface area contributed by atoms with Crippen LogP contribution in [0, 0.1) is 13.8 Å². The van der Waals surface area contributed by atoms with E-state index >= 15 is 0 Å². The maximum Gasteiger partial charge on any atom is 0.244 e. The lowest BCUT2D eigenvalue weighted by atomic mass is 10.2. The number of pyridine rings is 1. The van der Waals surface area contributed by atoms with E-state index in [-0.39, 0.29) is 6.04 Å². The first-order valence-electron chi connectivity index (χ1n) is 8.25. The highest BCUT2D eigenvalue weighted by Gasteiger charge is 2.31. The molecule has 1 saturated heterocycles. The predicted octanol–water partition coefficient (Wildman–Crippen LogP) is 3.68. The molecule has 0 spiro atoms. The zero-order valence-corrected chi connectivity index (χ0v) is 13.9. The molecule has 0 saturated carbocycles. The van der Waals surface area contributed by atoms with Crippen LogP contribution in [0.2, 0.25) is 0 Å². The number of hydrogen-bond acceptors (Lipinski definition) is 6. The van der Waals surface area contributed by atoms with Crippen molar-refractivity contribution in [2.45, 2.75) is 39.3 Å². The smallest absolute Gasteiger partial charge is 0.244 e. The van der Waals surface area contributed by atoms with Gasteiger partial charge in [-0.2, -0.15) is 4.98 Å². The fourth-order valence-electron chi connectivity index (χ4n) is 3.19. The maximum absolute atomic E-state index is 5.82. The second-order valence-corrected chi connectivity index (χ2v) is 6.25. The highest BCUT2D eigenvalue weighted by atomic mass is 16.5. The Kier molecular flexibility index (Phi) is 3.90. The van der Waals surface area contributed by atoms with E-state index < -0.39 is 0 Å². The van der Waals surface area contributed by atoms with Crippen LogP contribution in [0.25, 0.3) is 11.5 Å². The molecule has 0 bridgehead atoms. The third kappa shape index (κ3) is 2.85. The van der Waals surface area contributed by atoms with E-state index in [0.717, 1.165) is 43.1 Å². The first kappa shape index (κ1) is 15.1. The van der Waals surface area contributed by atoms with E-state index in [1.54, 1.807) is 6.20 Å². The van der Waals surface area contributed by atoms with Gasteiger partial charge >= 0.3 is 0 Å². The summed E-state index contributed by atoms with van der Waals surface area (Å²) in [6.45, 7) is 5.84. The SMILES string of the molecule is Cc1cc(CN2CCCC2c2nc(-c3ccccn3)no2)oc1C. The Morgan fingerprint density at radius 1 is 1.29 bits per heavy atom. The molecule has 1 aliphatic heterocycles. The van der Waals surface area contributed by atoms with Gasteiger partial charge in [-0.1, -0.05) is 11.2 Å². The second-order valence-electron chi connectivity index (χ2n) is 6.25. The summed E-state index contributed by atoms with van der Waals surface area (Å²) in [6, 6.07) is 7.92. The summed E-state index contributed by atoms with van der Waals surface area (Å²) in [7, 11) is 0. The van der Waals surface area contributed by atoms with Gasteiger partial charge in [0, 0.05) is 6.20 Å². The van der Waals surface area contributed by atoms with Gasteiger partial charge in [0.25, 0.3) is 0 Å². The Morgan fingerprint density at radius 2 is 2.21 bits per heavy atom. The minimum absolute atomic E-state index is 0.140. The van der Waals surface area contributed by atoms with E-state index in [1.807, 2.05) is 25.1 Å². The van der Waals surface area contributed by atoms with Crippen molar-refractivity contribution in [3.8, 4) is 11.5 Å². The van der Waals surface area contributed by atoms with Crippen LogP contribution in [0.3, 0.4) is 0 Å². The molecule has 1 fully saturated rings. The average Bonchev–Trinajstić information content (AvgIpc) is 3.30. The molecular formula is C18H20N4O2. The quantitative estimate of drug-likeness (QED) is 0.729. The van der Waals surface area contributed by atoms with E-state index in [1.165, 1.54) is 5.56 Å². The van der Waals surface area contributed by atoms with Crippen LogP contribution in [0.4, 0.5) is 0 Å². The molecule has 124 valence electrons. The molecule has 4 heterocycles. The molecule has 0 amide bonds. The van der Waals surface area contributed by atoms with E-state index in [2.05, 4.69) is 33.0 Å². The highest BCUT2D eigenvalue weighted by Crippen LogP contribution is 2.33. The third-order valence-corrected chi connectivity index (χ3v) is 4.56. The van der Waals surface area contributed by atoms with Crippen LogP contribution in [0.1, 0.15) is 41.9 Å². The molecule has 24 heavy (non-hydrogen) atoms. The van der Waals surface area contributed by atoms with Crippen LogP contribution in [0.15, 0.2) is 39.4 Å². The molecule has 0 aliphatic carbocycles. The monoisotopic (exact) mass is 324 g/mol. The number of hydrogen-bond donors (Lipinski definition) is 0. The summed E-state index contributed by atoms with van der Waals surface area (Å²) in [5.74, 6) is 3.17. The molecule has 6 nitrogen and oxygen atoms in total. The van der Waals surface area contributed by atoms with Crippen molar-refractivity contribution < 1.29 is 8.94 Å². The van der Waals surface area contributed by atoms with Crippen LogP contribution < -0.4 is 0 Å². The molecule has 0 N–H and O–H groups in total. The number of furan rings is 1. The summed E-state index contributed by atoms with van der Waals surface area (Å²) in [5, 5.41) is 4.09. The topological polar surface area (TPSA) is 68.2 Å². The number of nitrogens with zero attached hydrogens (tertiary/aromatic N) is 4. The molecule has 0 radical (unpaired) electrons. The molecule has 3 aromatic rings. The highest BCUT2D eigenvalue weighted by molar-refractivity contribution is 5.47. The molecule has 4 rings (SSSR count). The Hall–Kier alpha value is -2.47. The molecule has 1 unspecified atom stereocenters. The van der Waals surface area contributed by atoms with Gasteiger partial charge in [-0.25, -0.2) is 0 Å². The van der Waals surface area contributed by atoms with Gasteiger partial charge in [0.05, 0.1) is 12.6 Å². The molecule has 1 atom stereocenters. The first-order valence-corrected chi connectivity index (χ1v) is 8.25. The lowest BCUT2D eigenvalue weighted by molar-refractivity contribution is 0.188. The van der Waals surface area contributed by atoms with Crippen molar-refractivity contribution in [1.82, 2.24) is 20.0 Å². The van der Waals surface area contributed by atoms with E-state index in [9.17, 15) is 0 Å². The maximum atomic E-state index is 5.82. The molecule has 0 aromatic carbocycles. The van der Waals surface area contributed by atoms with Crippen molar-refractivity contribution in [3.05, 3.63) is 53.4 Å². The van der Waals surface area contributed by atoms with Gasteiger partial charge in [-0.05, 0) is 57.0 Å². The Balaban J connectivity index is 1.53. The normalized spacial score (nSPS) is 18.3. The minimum atomic E-state index is 0.140. The van der Waals surface area contributed by atoms with E-state index in [4.69, 9.17) is 8.94 Å². The van der Waals surface area contributed by atoms with Gasteiger partial charge in [-0.3, -0.25) is 9.88 Å². The Labute approximate surface area is 140 Å². The van der Waals surface area contributed by atoms with Crippen molar-refractivity contribution >= 4 is 0 Å². The summed E-state index contributed by atoms with van der Waals surface area (Å²) < 4.78 is 11.3. The zero-order chi connectivity index (χ0) is 16.5. The van der Waals surface area contributed by atoms with Gasteiger partial charge in [0.2, 0.25) is 11.7 Å². The number of rotatable bonds is 4. The average molecular weight is 324 g/mol. The summed E-state index contributed by atoms with van der Waals surface area (Å²) >= 11 is 0. The zero-order valence-electron chi connectivity index (χ0n) is 13.9. The fraction of sp³-hybridized carbons (Fsp3) is 0.389. The van der Waals surface area contributed by atoms with Crippen LogP contribution in [-0.2, 0) is 6.54 Å². The molecule has 6 heteroatoms. The van der Waals surface area contributed by atoms with Gasteiger partial charge in [-0.15, -0.1) is 0 Å². The minimum Gasteiger partial charge on any atom is -0.465 e. The standard InChI is InChI=1S/C18H20N4O2/c1-12-10-14(23-13(12)2)11-22-9-5-7-16(22)18-20-17(21-24-18)15-6-3-4-8-19-15/h3-4,6,8,10,16H,5,7,9,11H2,1-2H3. The first-order chi connectivity index (χ1) is 11.7. The largest absolute Gasteiger partial charge is 0.465 e. The molecular weight excluding hydrogens is 304 g/mol. The number of likely N-dealkylation sites (tertiary alicyclic amines) is 1. The van der Waals surface area contributed by atoms with Crippen LogP contribution in [-0.4, -0.2) is 26.6 Å². The van der Waals surface area contributed by atoms with Gasteiger partial charge in [0.1, 0.15) is 17.2 Å². The summed E-state index contributed by atoms with van der Waals surface area (Å²) in [4.78, 5) is 11.2. The number of aryl methyl sites for hydroxylation is 2. The number of aromatic nitrogens is 3. The van der Waals surface area contributed by atoms with Crippen molar-refractivity contribution in [1.29, 1.82) is 0 Å². The molecule has 3 aromatic heterocycles. The van der Waals surface area contributed by atoms with E-state index in [0.29, 0.717) is 11.7 Å². The fourth-order valence-corrected chi connectivity index (χ4v) is 3.19. The Bertz CT molecular complexity index is 805. The van der Waals surface area contributed by atoms with Crippen molar-refractivity contribution in [2.24, 2.45) is 0 Å². The predicted molar refractivity (Wildman–Crippen MR) is 88.1 cm³/mol. The van der Waals surface area contributed by atoms with Crippen molar-refractivity contribution in [3.63, 3.8) is 0 Å².